The fourth-order valence-electron chi connectivity index (χ4n) is 2.56. The molecule has 0 saturated carbocycles. The molecule has 2 rings (SSSR count). The molecular formula is C17H21F3N4O2. The normalized spacial score (nSPS) is 15.5. The Bertz CT molecular complexity index is 683. The summed E-state index contributed by atoms with van der Waals surface area (Å²) in [5, 5.41) is 4.25. The molecule has 0 bridgehead atoms. The molecule has 1 aliphatic heterocycles. The predicted octanol–water partition coefficient (Wildman–Crippen LogP) is 1.70. The summed E-state index contributed by atoms with van der Waals surface area (Å²) in [6.07, 6.45) is -3.31. The molecule has 9 heteroatoms. The van der Waals surface area contributed by atoms with Crippen LogP contribution in [0, 0.1) is 0 Å². The first kappa shape index (κ1) is 19.8. The molecule has 0 unspecified atom stereocenters. The monoisotopic (exact) mass is 370 g/mol. The van der Waals surface area contributed by atoms with E-state index in [9.17, 15) is 22.8 Å². The van der Waals surface area contributed by atoms with E-state index in [-0.39, 0.29) is 6.54 Å². The summed E-state index contributed by atoms with van der Waals surface area (Å²) in [6, 6.07) is 3.69. The topological polar surface area (TPSA) is 64.7 Å². The molecule has 0 aromatic heterocycles. The molecule has 1 aliphatic rings. The number of carbonyl (C=O) groups is 2. The third-order valence-electron chi connectivity index (χ3n) is 4.04. The number of benzene rings is 1. The Labute approximate surface area is 149 Å². The van der Waals surface area contributed by atoms with Crippen molar-refractivity contribution in [2.75, 3.05) is 50.0 Å². The minimum absolute atomic E-state index is 0.0424. The molecule has 2 N–H and O–H groups in total. The van der Waals surface area contributed by atoms with Gasteiger partial charge in [-0.3, -0.25) is 9.59 Å². The molecule has 1 heterocycles. The molecule has 0 radical (unpaired) electrons. The van der Waals surface area contributed by atoms with Crippen LogP contribution < -0.4 is 15.5 Å². The lowest BCUT2D eigenvalue weighted by Crippen LogP contribution is -2.44. The highest BCUT2D eigenvalue weighted by atomic mass is 19.4. The zero-order valence-corrected chi connectivity index (χ0v) is 14.4. The van der Waals surface area contributed by atoms with Crippen molar-refractivity contribution in [2.45, 2.75) is 6.18 Å². The van der Waals surface area contributed by atoms with E-state index in [1.165, 1.54) is 18.2 Å². The van der Waals surface area contributed by atoms with Crippen molar-refractivity contribution in [3.63, 3.8) is 0 Å². The van der Waals surface area contributed by atoms with Crippen LogP contribution in [-0.2, 0) is 15.8 Å². The summed E-state index contributed by atoms with van der Waals surface area (Å²) in [4.78, 5) is 27.3. The van der Waals surface area contributed by atoms with Gasteiger partial charge in [0.25, 0.3) is 0 Å². The summed E-state index contributed by atoms with van der Waals surface area (Å²) in [6.45, 7) is 6.16. The van der Waals surface area contributed by atoms with Gasteiger partial charge in [-0.15, -0.1) is 6.58 Å². The first-order valence-electron chi connectivity index (χ1n) is 8.07. The molecule has 1 fully saturated rings. The van der Waals surface area contributed by atoms with Crippen LogP contribution in [0.15, 0.2) is 30.9 Å². The Hall–Kier alpha value is -2.55. The van der Waals surface area contributed by atoms with Crippen molar-refractivity contribution in [1.82, 2.24) is 10.2 Å². The second-order valence-electron chi connectivity index (χ2n) is 5.97. The number of hydrogen-bond acceptors (Lipinski definition) is 4. The van der Waals surface area contributed by atoms with Crippen molar-refractivity contribution in [1.29, 1.82) is 0 Å². The number of nitrogens with one attached hydrogen (secondary N) is 2. The molecule has 0 spiro atoms. The third kappa shape index (κ3) is 4.98. The van der Waals surface area contributed by atoms with Crippen LogP contribution in [0.1, 0.15) is 5.56 Å². The van der Waals surface area contributed by atoms with Crippen molar-refractivity contribution in [3.8, 4) is 0 Å². The van der Waals surface area contributed by atoms with Crippen LogP contribution in [0.2, 0.25) is 0 Å². The summed E-state index contributed by atoms with van der Waals surface area (Å²) >= 11 is 0. The number of anilines is 2. The van der Waals surface area contributed by atoms with E-state index in [1.807, 2.05) is 17.3 Å². The number of carbonyl (C=O) groups excluding carboxylic acids is 2. The molecular weight excluding hydrogens is 349 g/mol. The Kier molecular flexibility index (Phi) is 6.25. The molecule has 1 saturated heterocycles. The Morgan fingerprint density at radius 3 is 2.42 bits per heavy atom. The average Bonchev–Trinajstić information content (AvgIpc) is 2.59. The van der Waals surface area contributed by atoms with Crippen molar-refractivity contribution in [3.05, 3.63) is 36.4 Å². The van der Waals surface area contributed by atoms with Crippen LogP contribution in [0.25, 0.3) is 0 Å². The lowest BCUT2D eigenvalue weighted by molar-refractivity contribution is -0.138. The maximum atomic E-state index is 13.4. The van der Waals surface area contributed by atoms with Gasteiger partial charge in [-0.25, -0.2) is 0 Å². The van der Waals surface area contributed by atoms with E-state index in [4.69, 9.17) is 0 Å². The van der Waals surface area contributed by atoms with E-state index in [0.717, 1.165) is 19.2 Å². The van der Waals surface area contributed by atoms with Gasteiger partial charge >= 0.3 is 18.0 Å². The van der Waals surface area contributed by atoms with Crippen molar-refractivity contribution >= 4 is 23.2 Å². The van der Waals surface area contributed by atoms with Gasteiger partial charge in [-0.05, 0) is 25.2 Å². The molecule has 142 valence electrons. The van der Waals surface area contributed by atoms with Gasteiger partial charge in [-0.2, -0.15) is 13.2 Å². The van der Waals surface area contributed by atoms with Gasteiger partial charge in [0.2, 0.25) is 0 Å². The largest absolute Gasteiger partial charge is 0.418 e. The van der Waals surface area contributed by atoms with Crippen molar-refractivity contribution in [2.24, 2.45) is 0 Å². The van der Waals surface area contributed by atoms with Crippen LogP contribution >= 0.6 is 0 Å². The van der Waals surface area contributed by atoms with E-state index < -0.39 is 29.2 Å². The summed E-state index contributed by atoms with van der Waals surface area (Å²) < 4.78 is 40.3. The minimum Gasteiger partial charge on any atom is -0.369 e. The fourth-order valence-corrected chi connectivity index (χ4v) is 2.56. The molecule has 0 atom stereocenters. The maximum Gasteiger partial charge on any atom is 0.418 e. The van der Waals surface area contributed by atoms with Crippen LogP contribution in [-0.4, -0.2) is 56.5 Å². The number of halogens is 3. The van der Waals surface area contributed by atoms with Crippen LogP contribution in [0.3, 0.4) is 0 Å². The highest BCUT2D eigenvalue weighted by Gasteiger charge is 2.35. The van der Waals surface area contributed by atoms with Gasteiger partial charge in [0.1, 0.15) is 0 Å². The van der Waals surface area contributed by atoms with E-state index in [0.29, 0.717) is 18.8 Å². The van der Waals surface area contributed by atoms with E-state index >= 15 is 0 Å². The second kappa shape index (κ2) is 8.22. The Morgan fingerprint density at radius 2 is 1.85 bits per heavy atom. The Morgan fingerprint density at radius 1 is 1.19 bits per heavy atom. The third-order valence-corrected chi connectivity index (χ3v) is 4.04. The van der Waals surface area contributed by atoms with Gasteiger partial charge < -0.3 is 20.4 Å². The average molecular weight is 370 g/mol. The predicted molar refractivity (Wildman–Crippen MR) is 93.0 cm³/mol. The highest BCUT2D eigenvalue weighted by Crippen LogP contribution is 2.37. The number of rotatable bonds is 4. The molecule has 2 amide bonds. The number of hydrogen-bond donors (Lipinski definition) is 2. The summed E-state index contributed by atoms with van der Waals surface area (Å²) in [7, 11) is 1.95. The van der Waals surface area contributed by atoms with Crippen LogP contribution in [0.5, 0.6) is 0 Å². The van der Waals surface area contributed by atoms with Crippen LogP contribution in [0.4, 0.5) is 24.5 Å². The van der Waals surface area contributed by atoms with Gasteiger partial charge in [-0.1, -0.05) is 6.08 Å². The standard InChI is InChI=1S/C17H21F3N4O2/c1-3-6-21-15(25)16(26)22-14-5-4-12(11-13(14)17(18,19)20)24-9-7-23(2)8-10-24/h3-5,11H,1,6-10H2,2H3,(H,21,25)(H,22,26). The first-order chi connectivity index (χ1) is 12.2. The van der Waals surface area contributed by atoms with Crippen molar-refractivity contribution < 1.29 is 22.8 Å². The Balaban J connectivity index is 2.22. The highest BCUT2D eigenvalue weighted by molar-refractivity contribution is 6.39. The zero-order chi connectivity index (χ0) is 19.3. The quantitative estimate of drug-likeness (QED) is 0.626. The number of nitrogens with zero attached hydrogens (tertiary/aromatic N) is 2. The molecule has 1 aromatic carbocycles. The van der Waals surface area contributed by atoms with E-state index in [2.05, 4.69) is 16.8 Å². The number of amides is 2. The lowest BCUT2D eigenvalue weighted by Gasteiger charge is -2.34. The van der Waals surface area contributed by atoms with Gasteiger partial charge in [0.05, 0.1) is 11.3 Å². The lowest BCUT2D eigenvalue weighted by atomic mass is 10.1. The fraction of sp³-hybridized carbons (Fsp3) is 0.412. The maximum absolute atomic E-state index is 13.4. The van der Waals surface area contributed by atoms with Gasteiger partial charge in [0.15, 0.2) is 0 Å². The number of piperazine rings is 1. The zero-order valence-electron chi connectivity index (χ0n) is 14.4. The molecule has 26 heavy (non-hydrogen) atoms. The van der Waals surface area contributed by atoms with Gasteiger partial charge in [0, 0.05) is 38.4 Å². The molecule has 1 aromatic rings. The molecule has 0 aliphatic carbocycles. The minimum atomic E-state index is -4.66. The molecule has 6 nitrogen and oxygen atoms in total. The van der Waals surface area contributed by atoms with E-state index in [1.54, 1.807) is 0 Å². The first-order valence-corrected chi connectivity index (χ1v) is 8.07. The second-order valence-corrected chi connectivity index (χ2v) is 5.97. The summed E-state index contributed by atoms with van der Waals surface area (Å²) in [5.74, 6) is -2.19. The smallest absolute Gasteiger partial charge is 0.369 e. The SMILES string of the molecule is C=CCNC(=O)C(=O)Nc1ccc(N2CCN(C)CC2)cc1C(F)(F)F. The number of likely N-dealkylation sites (N-methyl/N-ethyl adjacent to an activating group) is 1. The number of alkyl halides is 3. The summed E-state index contributed by atoms with van der Waals surface area (Å²) in [5.41, 5.74) is -1.01.